The molecular formula is C27H23N7O10S3. The zero-order chi connectivity index (χ0) is 33.6. The van der Waals surface area contributed by atoms with Crippen molar-refractivity contribution in [2.75, 3.05) is 10.6 Å². The second-order valence-electron chi connectivity index (χ2n) is 9.37. The molecule has 1 aromatic heterocycles. The summed E-state index contributed by atoms with van der Waals surface area (Å²) in [5.74, 6) is 0.289. The van der Waals surface area contributed by atoms with Crippen LogP contribution in [-0.2, 0) is 28.9 Å². The molecule has 1 heterocycles. The number of phenolic OH excluding ortho intramolecular Hbond substituents is 1. The summed E-state index contributed by atoms with van der Waals surface area (Å²) in [4.78, 5) is 12.9. The number of anilines is 4. The highest BCUT2D eigenvalue weighted by molar-refractivity contribution is 7.94. The van der Waals surface area contributed by atoms with Crippen molar-refractivity contribution in [3.8, 4) is 5.75 Å². The fourth-order valence-electron chi connectivity index (χ4n) is 4.33. The number of hydrogen-bond donors (Lipinski definition) is 6. The van der Waals surface area contributed by atoms with Gasteiger partial charge >= 0.3 is 0 Å². The van der Waals surface area contributed by atoms with Crippen molar-refractivity contribution < 1.29 is 47.3 Å². The first-order valence-electron chi connectivity index (χ1n) is 13.0. The van der Waals surface area contributed by atoms with Crippen LogP contribution in [0.5, 0.6) is 5.75 Å². The molecule has 244 valence electrons. The maximum atomic E-state index is 12.4. The van der Waals surface area contributed by atoms with Gasteiger partial charge in [-0.15, -0.1) is 18.9 Å². The van der Waals surface area contributed by atoms with Crippen LogP contribution < -0.4 is 10.6 Å². The number of benzene rings is 4. The van der Waals surface area contributed by atoms with E-state index in [9.17, 15) is 18.1 Å². The van der Waals surface area contributed by atoms with Crippen LogP contribution >= 0.6 is 24.1 Å². The fourth-order valence-corrected chi connectivity index (χ4v) is 5.91. The third-order valence-corrected chi connectivity index (χ3v) is 8.24. The number of nitrogens with zero attached hydrogens (tertiary/aromatic N) is 5. The van der Waals surface area contributed by atoms with Gasteiger partial charge in [0.1, 0.15) is 22.1 Å². The molecule has 0 fully saturated rings. The Bertz CT molecular complexity index is 2060. The lowest BCUT2D eigenvalue weighted by Crippen LogP contribution is -2.05. The Hall–Kier alpha value is -4.48. The maximum absolute atomic E-state index is 12.4. The van der Waals surface area contributed by atoms with Gasteiger partial charge in [-0.25, -0.2) is 10.5 Å². The molecule has 20 heteroatoms. The SMILES string of the molecule is Cc1nc(Nc2ccccc2)nc(Nc2ccc(SOOO)c(N=Nc3c(S(=O)(=O)O)cc4cc(SOOO)cc(C)c4c3O)c2)n1. The first kappa shape index (κ1) is 33.9. The molecule has 0 aliphatic carbocycles. The molecule has 17 nitrogen and oxygen atoms in total. The van der Waals surface area contributed by atoms with Gasteiger partial charge in [-0.2, -0.15) is 23.4 Å². The van der Waals surface area contributed by atoms with Crippen LogP contribution in [-0.4, -0.2) is 43.5 Å². The summed E-state index contributed by atoms with van der Waals surface area (Å²) in [5, 5.41) is 50.3. The number of aromatic hydroxyl groups is 1. The Balaban J connectivity index is 1.53. The van der Waals surface area contributed by atoms with E-state index in [4.69, 9.17) is 10.5 Å². The summed E-state index contributed by atoms with van der Waals surface area (Å²) in [6.45, 7) is 3.32. The number of rotatable bonds is 13. The van der Waals surface area contributed by atoms with E-state index < -0.39 is 26.5 Å². The van der Waals surface area contributed by atoms with E-state index in [-0.39, 0.29) is 33.3 Å². The topological polar surface area (TPSA) is 239 Å². The van der Waals surface area contributed by atoms with Crippen molar-refractivity contribution in [1.82, 2.24) is 15.0 Å². The molecule has 0 radical (unpaired) electrons. The van der Waals surface area contributed by atoms with Gasteiger partial charge in [-0.05, 0) is 73.3 Å². The molecule has 0 unspecified atom stereocenters. The Morgan fingerprint density at radius 1 is 0.809 bits per heavy atom. The quantitative estimate of drug-likeness (QED) is 0.0231. The van der Waals surface area contributed by atoms with Crippen LogP contribution in [0.25, 0.3) is 10.8 Å². The second kappa shape index (κ2) is 15.0. The Kier molecular flexibility index (Phi) is 10.8. The number of fused-ring (bicyclic) bond motifs is 1. The van der Waals surface area contributed by atoms with Gasteiger partial charge < -0.3 is 15.7 Å². The molecule has 0 amide bonds. The van der Waals surface area contributed by atoms with Crippen LogP contribution in [0.2, 0.25) is 0 Å². The van der Waals surface area contributed by atoms with Crippen molar-refractivity contribution in [2.24, 2.45) is 10.2 Å². The monoisotopic (exact) mass is 701 g/mol. The second-order valence-corrected chi connectivity index (χ2v) is 12.3. The van der Waals surface area contributed by atoms with Crippen LogP contribution in [0.3, 0.4) is 0 Å². The first-order chi connectivity index (χ1) is 22.5. The highest BCUT2D eigenvalue weighted by Crippen LogP contribution is 2.44. The Labute approximate surface area is 274 Å². The molecule has 0 saturated carbocycles. The predicted molar refractivity (Wildman–Crippen MR) is 170 cm³/mol. The Morgan fingerprint density at radius 3 is 2.17 bits per heavy atom. The standard InChI is InChI=1S/C27H23N7O10S3/c1-14-10-19(45-43-41-36)11-16-12-22(47(38,39)40)24(25(35)23(14)16)34-33-20-13-18(8-9-21(20)46-44-42-37)31-27-29-15(2)28-26(32-27)30-17-6-4-3-5-7-17/h3-13,35-37H,1-2H3,(H,38,39,40)(H2,28,29,30,31,32). The molecule has 0 spiro atoms. The lowest BCUT2D eigenvalue weighted by molar-refractivity contribution is -0.432. The third-order valence-electron chi connectivity index (χ3n) is 6.16. The maximum Gasteiger partial charge on any atom is 0.296 e. The molecular weight excluding hydrogens is 679 g/mol. The number of hydrogen-bond acceptors (Lipinski definition) is 18. The van der Waals surface area contributed by atoms with E-state index in [1.54, 1.807) is 26.0 Å². The number of phenols is 1. The zero-order valence-corrected chi connectivity index (χ0v) is 26.5. The summed E-state index contributed by atoms with van der Waals surface area (Å²) in [6, 6.07) is 18.0. The van der Waals surface area contributed by atoms with Gasteiger partial charge in [0.25, 0.3) is 10.1 Å². The number of azo groups is 1. The molecule has 5 aromatic rings. The average molecular weight is 702 g/mol. The lowest BCUT2D eigenvalue weighted by atomic mass is 10.0. The van der Waals surface area contributed by atoms with E-state index in [2.05, 4.69) is 54.6 Å². The van der Waals surface area contributed by atoms with Gasteiger partial charge in [0, 0.05) is 21.7 Å². The first-order valence-corrected chi connectivity index (χ1v) is 15.9. The fraction of sp³-hybridized carbons (Fsp3) is 0.0741. The van der Waals surface area contributed by atoms with E-state index in [1.165, 1.54) is 18.2 Å². The highest BCUT2D eigenvalue weighted by Gasteiger charge is 2.24. The molecule has 0 aliphatic heterocycles. The number of aromatic nitrogens is 3. The molecule has 0 atom stereocenters. The number of nitrogens with one attached hydrogen (secondary N) is 2. The largest absolute Gasteiger partial charge is 0.505 e. The summed E-state index contributed by atoms with van der Waals surface area (Å²) >= 11 is 1.17. The molecule has 0 bridgehead atoms. The van der Waals surface area contributed by atoms with Gasteiger partial charge in [0.15, 0.2) is 5.75 Å². The van der Waals surface area contributed by atoms with Crippen LogP contribution in [0.1, 0.15) is 11.4 Å². The minimum Gasteiger partial charge on any atom is -0.505 e. The minimum atomic E-state index is -4.94. The van der Waals surface area contributed by atoms with Crippen LogP contribution in [0.4, 0.5) is 34.6 Å². The highest BCUT2D eigenvalue weighted by atomic mass is 32.2. The molecule has 5 rings (SSSR count). The van der Waals surface area contributed by atoms with E-state index in [1.807, 2.05) is 30.3 Å². The van der Waals surface area contributed by atoms with Crippen LogP contribution in [0, 0.1) is 13.8 Å². The van der Waals surface area contributed by atoms with Gasteiger partial charge in [0.05, 0.1) is 29.0 Å². The van der Waals surface area contributed by atoms with Crippen LogP contribution in [0.15, 0.2) is 91.6 Å². The van der Waals surface area contributed by atoms with E-state index in [0.29, 0.717) is 46.1 Å². The van der Waals surface area contributed by atoms with Gasteiger partial charge in [-0.1, -0.05) is 28.3 Å². The lowest BCUT2D eigenvalue weighted by Gasteiger charge is -2.12. The van der Waals surface area contributed by atoms with Gasteiger partial charge in [0.2, 0.25) is 11.9 Å². The normalized spacial score (nSPS) is 11.8. The summed E-state index contributed by atoms with van der Waals surface area (Å²) in [7, 11) is -4.94. The summed E-state index contributed by atoms with van der Waals surface area (Å²) < 4.78 is 43.8. The molecule has 47 heavy (non-hydrogen) atoms. The van der Waals surface area contributed by atoms with Crippen molar-refractivity contribution in [1.29, 1.82) is 0 Å². The summed E-state index contributed by atoms with van der Waals surface area (Å²) in [6.07, 6.45) is 0. The smallest absolute Gasteiger partial charge is 0.296 e. The average Bonchev–Trinajstić information content (AvgIpc) is 3.02. The Morgan fingerprint density at radius 2 is 1.49 bits per heavy atom. The van der Waals surface area contributed by atoms with Crippen molar-refractivity contribution in [3.63, 3.8) is 0 Å². The molecule has 6 N–H and O–H groups in total. The van der Waals surface area contributed by atoms with Crippen molar-refractivity contribution in [3.05, 3.63) is 78.1 Å². The number of para-hydroxylation sites is 1. The van der Waals surface area contributed by atoms with Crippen molar-refractivity contribution >= 4 is 79.6 Å². The predicted octanol–water partition coefficient (Wildman–Crippen LogP) is 7.35. The molecule has 0 saturated heterocycles. The van der Waals surface area contributed by atoms with Crippen molar-refractivity contribution in [2.45, 2.75) is 28.5 Å². The van der Waals surface area contributed by atoms with Gasteiger partial charge in [-0.3, -0.25) is 4.55 Å². The number of aryl methyl sites for hydroxylation is 2. The molecule has 4 aromatic carbocycles. The minimum absolute atomic E-state index is 0.0517. The van der Waals surface area contributed by atoms with E-state index >= 15 is 0 Å². The summed E-state index contributed by atoms with van der Waals surface area (Å²) in [5.41, 5.74) is 1.12. The van der Waals surface area contributed by atoms with E-state index in [0.717, 1.165) is 11.8 Å². The zero-order valence-electron chi connectivity index (χ0n) is 24.1. The molecule has 0 aliphatic rings. The third kappa shape index (κ3) is 8.47.